The quantitative estimate of drug-likeness (QED) is 0.765. The van der Waals surface area contributed by atoms with Gasteiger partial charge in [0.1, 0.15) is 0 Å². The van der Waals surface area contributed by atoms with Gasteiger partial charge in [-0.15, -0.1) is 0 Å². The second kappa shape index (κ2) is 3.81. The second-order valence-corrected chi connectivity index (χ2v) is 3.57. The normalized spacial score (nSPS) is 10.7. The van der Waals surface area contributed by atoms with Gasteiger partial charge in [-0.25, -0.2) is 0 Å². The molecule has 1 nitrogen and oxygen atoms in total. The van der Waals surface area contributed by atoms with Crippen LogP contribution in [0.1, 0.15) is 18.1 Å². The fourth-order valence-corrected chi connectivity index (χ4v) is 1.69. The van der Waals surface area contributed by atoms with Crippen LogP contribution in [0.3, 0.4) is 0 Å². The maximum absolute atomic E-state index is 5.60. The Bertz CT molecular complexity index is 403. The molecule has 0 aliphatic heterocycles. The monoisotopic (exact) mass is 185 g/mol. The van der Waals surface area contributed by atoms with Crippen molar-refractivity contribution < 1.29 is 0 Å². The van der Waals surface area contributed by atoms with Crippen LogP contribution in [0.2, 0.25) is 0 Å². The molecule has 1 heteroatoms. The van der Waals surface area contributed by atoms with Gasteiger partial charge in [-0.3, -0.25) is 0 Å². The largest absolute Gasteiger partial charge is 0.326 e. The van der Waals surface area contributed by atoms with Crippen LogP contribution in [0.15, 0.2) is 36.4 Å². The Morgan fingerprint density at radius 3 is 2.07 bits per heavy atom. The summed E-state index contributed by atoms with van der Waals surface area (Å²) in [6.45, 7) is 2.79. The lowest BCUT2D eigenvalue weighted by Crippen LogP contribution is -1.95. The van der Waals surface area contributed by atoms with Gasteiger partial charge in [-0.05, 0) is 34.4 Å². The van der Waals surface area contributed by atoms with E-state index < -0.39 is 0 Å². The SMILES string of the molecule is CCc1ccc2cc(CN)ccc2c1. The van der Waals surface area contributed by atoms with E-state index in [1.807, 2.05) is 0 Å². The van der Waals surface area contributed by atoms with E-state index in [2.05, 4.69) is 43.3 Å². The number of aryl methyl sites for hydroxylation is 1. The Hall–Kier alpha value is -1.34. The third kappa shape index (κ3) is 1.64. The molecule has 0 aromatic heterocycles. The van der Waals surface area contributed by atoms with Crippen LogP contribution in [-0.2, 0) is 13.0 Å². The van der Waals surface area contributed by atoms with E-state index in [0.29, 0.717) is 6.54 Å². The van der Waals surface area contributed by atoms with Crippen molar-refractivity contribution in [3.8, 4) is 0 Å². The van der Waals surface area contributed by atoms with Gasteiger partial charge in [0.05, 0.1) is 0 Å². The maximum atomic E-state index is 5.60. The first-order valence-electron chi connectivity index (χ1n) is 5.05. The highest BCUT2D eigenvalue weighted by atomic mass is 14.5. The average Bonchev–Trinajstić information content (AvgIpc) is 2.27. The molecule has 0 saturated carbocycles. The number of hydrogen-bond donors (Lipinski definition) is 1. The molecule has 0 fully saturated rings. The van der Waals surface area contributed by atoms with Crippen molar-refractivity contribution in [3.63, 3.8) is 0 Å². The predicted octanol–water partition coefficient (Wildman–Crippen LogP) is 2.86. The standard InChI is InChI=1S/C13H15N/c1-2-10-3-5-13-8-11(9-14)4-6-12(13)7-10/h3-8H,2,9,14H2,1H3. The topological polar surface area (TPSA) is 26.0 Å². The van der Waals surface area contributed by atoms with Gasteiger partial charge >= 0.3 is 0 Å². The molecule has 14 heavy (non-hydrogen) atoms. The summed E-state index contributed by atoms with van der Waals surface area (Å²) in [7, 11) is 0. The van der Waals surface area contributed by atoms with E-state index in [0.717, 1.165) is 6.42 Å². The van der Waals surface area contributed by atoms with Crippen molar-refractivity contribution in [2.24, 2.45) is 5.73 Å². The van der Waals surface area contributed by atoms with Crippen molar-refractivity contribution in [2.45, 2.75) is 19.9 Å². The van der Waals surface area contributed by atoms with Crippen molar-refractivity contribution in [1.29, 1.82) is 0 Å². The lowest BCUT2D eigenvalue weighted by molar-refractivity contribution is 1.07. The summed E-state index contributed by atoms with van der Waals surface area (Å²) in [6, 6.07) is 13.0. The number of fused-ring (bicyclic) bond motifs is 1. The maximum Gasteiger partial charge on any atom is 0.0178 e. The minimum Gasteiger partial charge on any atom is -0.326 e. The molecule has 2 rings (SSSR count). The fourth-order valence-electron chi connectivity index (χ4n) is 1.69. The van der Waals surface area contributed by atoms with Crippen molar-refractivity contribution in [2.75, 3.05) is 0 Å². The number of rotatable bonds is 2. The Morgan fingerprint density at radius 2 is 1.50 bits per heavy atom. The summed E-state index contributed by atoms with van der Waals surface area (Å²) in [4.78, 5) is 0. The molecular formula is C13H15N. The summed E-state index contributed by atoms with van der Waals surface area (Å²) in [5.41, 5.74) is 8.18. The molecule has 0 aliphatic rings. The zero-order valence-corrected chi connectivity index (χ0v) is 8.46. The lowest BCUT2D eigenvalue weighted by Gasteiger charge is -2.03. The molecule has 0 aliphatic carbocycles. The average molecular weight is 185 g/mol. The van der Waals surface area contributed by atoms with Gasteiger partial charge in [0.25, 0.3) is 0 Å². The summed E-state index contributed by atoms with van der Waals surface area (Å²) in [5, 5.41) is 2.59. The highest BCUT2D eigenvalue weighted by Gasteiger charge is 1.96. The highest BCUT2D eigenvalue weighted by Crippen LogP contribution is 2.18. The molecule has 0 unspecified atom stereocenters. The molecule has 2 aromatic carbocycles. The molecule has 0 heterocycles. The number of hydrogen-bond acceptors (Lipinski definition) is 1. The summed E-state index contributed by atoms with van der Waals surface area (Å²) >= 11 is 0. The number of nitrogens with two attached hydrogens (primary N) is 1. The molecule has 2 N–H and O–H groups in total. The van der Waals surface area contributed by atoms with Gasteiger partial charge in [-0.2, -0.15) is 0 Å². The zero-order valence-electron chi connectivity index (χ0n) is 8.46. The first-order chi connectivity index (χ1) is 6.83. The van der Waals surface area contributed by atoms with Crippen LogP contribution in [-0.4, -0.2) is 0 Å². The van der Waals surface area contributed by atoms with Gasteiger partial charge in [0.15, 0.2) is 0 Å². The molecule has 0 bridgehead atoms. The molecule has 0 atom stereocenters. The van der Waals surface area contributed by atoms with Crippen LogP contribution >= 0.6 is 0 Å². The number of benzene rings is 2. The molecule has 2 aromatic rings. The minimum atomic E-state index is 0.617. The lowest BCUT2D eigenvalue weighted by atomic mass is 10.0. The van der Waals surface area contributed by atoms with Crippen LogP contribution in [0, 0.1) is 0 Å². The van der Waals surface area contributed by atoms with E-state index in [-0.39, 0.29) is 0 Å². The van der Waals surface area contributed by atoms with Crippen LogP contribution < -0.4 is 5.73 Å². The van der Waals surface area contributed by atoms with Crippen molar-refractivity contribution >= 4 is 10.8 Å². The van der Waals surface area contributed by atoms with E-state index in [4.69, 9.17) is 5.73 Å². The van der Waals surface area contributed by atoms with E-state index >= 15 is 0 Å². The Morgan fingerprint density at radius 1 is 0.929 bits per heavy atom. The molecule has 0 saturated heterocycles. The predicted molar refractivity (Wildman–Crippen MR) is 61.2 cm³/mol. The third-order valence-corrected chi connectivity index (χ3v) is 2.61. The second-order valence-electron chi connectivity index (χ2n) is 3.57. The summed E-state index contributed by atoms with van der Waals surface area (Å²) in [6.07, 6.45) is 1.09. The minimum absolute atomic E-state index is 0.617. The molecule has 0 amide bonds. The van der Waals surface area contributed by atoms with Crippen molar-refractivity contribution in [1.82, 2.24) is 0 Å². The first-order valence-corrected chi connectivity index (χ1v) is 5.05. The van der Waals surface area contributed by atoms with E-state index in [1.54, 1.807) is 0 Å². The summed E-state index contributed by atoms with van der Waals surface area (Å²) < 4.78 is 0. The molecule has 72 valence electrons. The summed E-state index contributed by atoms with van der Waals surface area (Å²) in [5.74, 6) is 0. The first kappa shape index (κ1) is 9.22. The molecule has 0 spiro atoms. The third-order valence-electron chi connectivity index (χ3n) is 2.61. The van der Waals surface area contributed by atoms with E-state index in [1.165, 1.54) is 21.9 Å². The van der Waals surface area contributed by atoms with Gasteiger partial charge in [0, 0.05) is 6.54 Å². The Balaban J connectivity index is 2.57. The van der Waals surface area contributed by atoms with Crippen LogP contribution in [0.5, 0.6) is 0 Å². The van der Waals surface area contributed by atoms with Gasteiger partial charge in [0.2, 0.25) is 0 Å². The fraction of sp³-hybridized carbons (Fsp3) is 0.231. The zero-order chi connectivity index (χ0) is 9.97. The van der Waals surface area contributed by atoms with Crippen LogP contribution in [0.25, 0.3) is 10.8 Å². The van der Waals surface area contributed by atoms with Gasteiger partial charge in [-0.1, -0.05) is 37.3 Å². The Labute approximate surface area is 84.5 Å². The Kier molecular flexibility index (Phi) is 2.51. The van der Waals surface area contributed by atoms with Crippen molar-refractivity contribution in [3.05, 3.63) is 47.5 Å². The highest BCUT2D eigenvalue weighted by molar-refractivity contribution is 5.83. The smallest absolute Gasteiger partial charge is 0.0178 e. The van der Waals surface area contributed by atoms with Crippen LogP contribution in [0.4, 0.5) is 0 Å². The van der Waals surface area contributed by atoms with Gasteiger partial charge < -0.3 is 5.73 Å². The molecule has 0 radical (unpaired) electrons. The van der Waals surface area contributed by atoms with E-state index in [9.17, 15) is 0 Å². The molecular weight excluding hydrogens is 170 g/mol.